The van der Waals surface area contributed by atoms with Crippen molar-refractivity contribution in [2.24, 2.45) is 5.92 Å². The zero-order chi connectivity index (χ0) is 8.97. The Hall–Kier alpha value is -0.110. The molecule has 0 spiro atoms. The highest BCUT2D eigenvalue weighted by Gasteiger charge is 2.27. The fraction of sp³-hybridized carbons (Fsp3) is 1.00. The molecule has 1 rings (SSSR count). The lowest BCUT2D eigenvalue weighted by molar-refractivity contribution is 0.0836. The fourth-order valence-corrected chi connectivity index (χ4v) is 2.00. The van der Waals surface area contributed by atoms with Crippen LogP contribution in [0.5, 0.6) is 0 Å². The quantitative estimate of drug-likeness (QED) is 0.633. The van der Waals surface area contributed by atoms with Gasteiger partial charge in [-0.05, 0) is 31.8 Å². The molecule has 2 heteroatoms. The smallest absolute Gasteiger partial charge is 0.116 e. The van der Waals surface area contributed by atoms with E-state index in [1.165, 1.54) is 0 Å². The summed E-state index contributed by atoms with van der Waals surface area (Å²) in [6, 6.07) is 0. The van der Waals surface area contributed by atoms with E-state index in [0.717, 1.165) is 32.4 Å². The molecule has 1 saturated heterocycles. The van der Waals surface area contributed by atoms with Gasteiger partial charge >= 0.3 is 0 Å². The normalized spacial score (nSPS) is 32.2. The Labute approximate surface area is 74.9 Å². The molecule has 1 fully saturated rings. The van der Waals surface area contributed by atoms with E-state index in [-0.39, 0.29) is 0 Å². The molecule has 1 aliphatic heterocycles. The van der Waals surface area contributed by atoms with Crippen LogP contribution in [-0.4, -0.2) is 30.7 Å². The molecule has 12 heavy (non-hydrogen) atoms. The average Bonchev–Trinajstić information content (AvgIpc) is 2.09. The van der Waals surface area contributed by atoms with Gasteiger partial charge in [0.25, 0.3) is 0 Å². The van der Waals surface area contributed by atoms with E-state index >= 15 is 0 Å². The van der Waals surface area contributed by atoms with E-state index < -0.39 is 6.17 Å². The molecule has 0 N–H and O–H groups in total. The molecule has 0 aromatic heterocycles. The number of rotatable bonds is 3. The van der Waals surface area contributed by atoms with Gasteiger partial charge in [-0.1, -0.05) is 20.3 Å². The summed E-state index contributed by atoms with van der Waals surface area (Å²) in [5, 5.41) is 0. The Morgan fingerprint density at radius 3 is 2.67 bits per heavy atom. The molecule has 2 atom stereocenters. The van der Waals surface area contributed by atoms with Crippen molar-refractivity contribution in [3.63, 3.8) is 0 Å². The molecule has 72 valence electrons. The van der Waals surface area contributed by atoms with Crippen LogP contribution in [0.25, 0.3) is 0 Å². The summed E-state index contributed by atoms with van der Waals surface area (Å²) in [6.07, 6.45) is 2.68. The minimum Gasteiger partial charge on any atom is -0.301 e. The zero-order valence-corrected chi connectivity index (χ0v) is 8.22. The predicted octanol–water partition coefficient (Wildman–Crippen LogP) is 2.47. The second kappa shape index (κ2) is 4.80. The van der Waals surface area contributed by atoms with Crippen molar-refractivity contribution in [2.45, 2.75) is 39.3 Å². The molecule has 0 amide bonds. The lowest BCUT2D eigenvalue weighted by atomic mass is 9.91. The third-order valence-corrected chi connectivity index (χ3v) is 2.87. The van der Waals surface area contributed by atoms with Gasteiger partial charge in [0.15, 0.2) is 0 Å². The van der Waals surface area contributed by atoms with Gasteiger partial charge < -0.3 is 4.90 Å². The predicted molar refractivity (Wildman–Crippen MR) is 50.0 cm³/mol. The summed E-state index contributed by atoms with van der Waals surface area (Å²) in [6.45, 7) is 7.01. The van der Waals surface area contributed by atoms with E-state index in [1.807, 2.05) is 0 Å². The topological polar surface area (TPSA) is 3.24 Å². The van der Waals surface area contributed by atoms with E-state index in [9.17, 15) is 4.39 Å². The number of halogens is 1. The molecule has 0 saturated carbocycles. The molecule has 0 aliphatic carbocycles. The lowest BCUT2D eigenvalue weighted by Gasteiger charge is -2.33. The molecule has 1 heterocycles. The first-order chi connectivity index (χ1) is 5.77. The third-order valence-electron chi connectivity index (χ3n) is 2.87. The minimum atomic E-state index is -0.571. The summed E-state index contributed by atoms with van der Waals surface area (Å²) in [5.41, 5.74) is 0. The van der Waals surface area contributed by atoms with Gasteiger partial charge in [0.1, 0.15) is 6.17 Å². The molecule has 1 nitrogen and oxygen atoms in total. The first-order valence-electron chi connectivity index (χ1n) is 5.14. The van der Waals surface area contributed by atoms with Crippen LogP contribution >= 0.6 is 0 Å². The first kappa shape index (κ1) is 9.97. The van der Waals surface area contributed by atoms with Crippen LogP contribution in [0, 0.1) is 5.92 Å². The highest BCUT2D eigenvalue weighted by Crippen LogP contribution is 2.24. The maximum absolute atomic E-state index is 13.4. The van der Waals surface area contributed by atoms with Crippen molar-refractivity contribution in [1.29, 1.82) is 0 Å². The highest BCUT2D eigenvalue weighted by atomic mass is 19.1. The Kier molecular flexibility index (Phi) is 3.99. The molecule has 0 aromatic rings. The number of alkyl halides is 1. The second-order valence-corrected chi connectivity index (χ2v) is 3.75. The van der Waals surface area contributed by atoms with Gasteiger partial charge in [-0.2, -0.15) is 0 Å². The minimum absolute atomic E-state index is 0.345. The number of hydrogen-bond donors (Lipinski definition) is 0. The second-order valence-electron chi connectivity index (χ2n) is 3.75. The molecule has 1 unspecified atom stereocenters. The van der Waals surface area contributed by atoms with Gasteiger partial charge in [0.05, 0.1) is 0 Å². The number of nitrogens with zero attached hydrogens (tertiary/aromatic N) is 1. The Morgan fingerprint density at radius 1 is 1.42 bits per heavy atom. The van der Waals surface area contributed by atoms with Gasteiger partial charge in [-0.15, -0.1) is 0 Å². The van der Waals surface area contributed by atoms with Gasteiger partial charge in [0.2, 0.25) is 0 Å². The van der Waals surface area contributed by atoms with Crippen LogP contribution in [0.3, 0.4) is 0 Å². The van der Waals surface area contributed by atoms with Crippen LogP contribution in [0.15, 0.2) is 0 Å². The van der Waals surface area contributed by atoms with E-state index in [2.05, 4.69) is 18.7 Å². The molecule has 1 aliphatic rings. The van der Waals surface area contributed by atoms with Crippen LogP contribution < -0.4 is 0 Å². The summed E-state index contributed by atoms with van der Waals surface area (Å²) in [5.74, 6) is 0.345. The Balaban J connectivity index is 2.31. The summed E-state index contributed by atoms with van der Waals surface area (Å²) < 4.78 is 13.4. The zero-order valence-electron chi connectivity index (χ0n) is 8.22. The monoisotopic (exact) mass is 173 g/mol. The number of piperidine rings is 1. The van der Waals surface area contributed by atoms with Crippen molar-refractivity contribution < 1.29 is 4.39 Å². The summed E-state index contributed by atoms with van der Waals surface area (Å²) >= 11 is 0. The van der Waals surface area contributed by atoms with E-state index in [4.69, 9.17) is 0 Å². The first-order valence-corrected chi connectivity index (χ1v) is 5.14. The van der Waals surface area contributed by atoms with Crippen molar-refractivity contribution in [3.8, 4) is 0 Å². The van der Waals surface area contributed by atoms with E-state index in [1.54, 1.807) is 0 Å². The van der Waals surface area contributed by atoms with Crippen molar-refractivity contribution in [3.05, 3.63) is 0 Å². The molecule has 0 bridgehead atoms. The molecule has 0 radical (unpaired) electrons. The van der Waals surface area contributed by atoms with Crippen LogP contribution in [0.1, 0.15) is 33.1 Å². The average molecular weight is 173 g/mol. The van der Waals surface area contributed by atoms with E-state index in [0.29, 0.717) is 12.5 Å². The Bertz CT molecular complexity index is 127. The Morgan fingerprint density at radius 2 is 2.17 bits per heavy atom. The third kappa shape index (κ3) is 2.44. The lowest BCUT2D eigenvalue weighted by Crippen LogP contribution is -2.41. The fourth-order valence-electron chi connectivity index (χ4n) is 2.00. The van der Waals surface area contributed by atoms with Gasteiger partial charge in [-0.3, -0.25) is 0 Å². The highest BCUT2D eigenvalue weighted by molar-refractivity contribution is 4.79. The standard InChI is InChI=1S/C10H20FN/c1-3-5-9-6-7-12(4-2)8-10(9)11/h9-10H,3-8H2,1-2H3/t9?,10-/m1/s1. The van der Waals surface area contributed by atoms with Crippen molar-refractivity contribution >= 4 is 0 Å². The molecule has 0 aromatic carbocycles. The SMILES string of the molecule is CCCC1CCN(CC)C[C@H]1F. The van der Waals surface area contributed by atoms with Crippen molar-refractivity contribution in [1.82, 2.24) is 4.90 Å². The summed E-state index contributed by atoms with van der Waals surface area (Å²) in [7, 11) is 0. The van der Waals surface area contributed by atoms with Crippen LogP contribution in [-0.2, 0) is 0 Å². The molecular weight excluding hydrogens is 153 g/mol. The number of likely N-dealkylation sites (tertiary alicyclic amines) is 1. The largest absolute Gasteiger partial charge is 0.301 e. The van der Waals surface area contributed by atoms with Gasteiger partial charge in [0, 0.05) is 6.54 Å². The molecular formula is C10H20FN. The number of hydrogen-bond acceptors (Lipinski definition) is 1. The van der Waals surface area contributed by atoms with Crippen molar-refractivity contribution in [2.75, 3.05) is 19.6 Å². The van der Waals surface area contributed by atoms with Crippen LogP contribution in [0.4, 0.5) is 4.39 Å². The maximum Gasteiger partial charge on any atom is 0.116 e. The van der Waals surface area contributed by atoms with Crippen LogP contribution in [0.2, 0.25) is 0 Å². The van der Waals surface area contributed by atoms with Gasteiger partial charge in [-0.25, -0.2) is 4.39 Å². The summed E-state index contributed by atoms with van der Waals surface area (Å²) in [4.78, 5) is 2.21. The maximum atomic E-state index is 13.4.